The average Bonchev–Trinajstić information content (AvgIpc) is 2.96. The van der Waals surface area contributed by atoms with Crippen molar-refractivity contribution in [1.82, 2.24) is 10.6 Å². The molecule has 2 heterocycles. The van der Waals surface area contributed by atoms with Crippen LogP contribution in [0, 0.1) is 5.92 Å². The monoisotopic (exact) mass is 503 g/mol. The molecule has 3 aromatic carbocycles. The van der Waals surface area contributed by atoms with E-state index < -0.39 is 0 Å². The Morgan fingerprint density at radius 3 is 2.53 bits per heavy atom. The van der Waals surface area contributed by atoms with E-state index in [0.717, 1.165) is 45.1 Å². The number of rotatable bonds is 8. The van der Waals surface area contributed by atoms with Crippen molar-refractivity contribution < 1.29 is 4.74 Å². The van der Waals surface area contributed by atoms with Crippen LogP contribution >= 0.6 is 12.6 Å². The zero-order valence-electron chi connectivity index (χ0n) is 21.7. The highest BCUT2D eigenvalue weighted by atomic mass is 32.1. The SMILES string of the molecule is COC(NCC1CCNCC1)c1ccc2c(c1)CCCN2Cc1ccccc1-c1ccccc1.CS. The van der Waals surface area contributed by atoms with Gasteiger partial charge in [-0.3, -0.25) is 5.32 Å². The summed E-state index contributed by atoms with van der Waals surface area (Å²) in [5, 5.41) is 7.13. The summed E-state index contributed by atoms with van der Waals surface area (Å²) in [7, 11) is 1.81. The maximum atomic E-state index is 5.87. The molecule has 0 radical (unpaired) electrons. The fourth-order valence-electron chi connectivity index (χ4n) is 5.48. The molecule has 192 valence electrons. The van der Waals surface area contributed by atoms with Crippen LogP contribution in [0.1, 0.15) is 42.2 Å². The Balaban J connectivity index is 0.00000148. The van der Waals surface area contributed by atoms with Crippen LogP contribution in [0.15, 0.2) is 72.8 Å². The fraction of sp³-hybridized carbons (Fsp3) is 0.419. The molecule has 1 atom stereocenters. The summed E-state index contributed by atoms with van der Waals surface area (Å²) in [6.45, 7) is 5.30. The van der Waals surface area contributed by atoms with E-state index in [1.54, 1.807) is 6.26 Å². The molecule has 2 N–H and O–H groups in total. The lowest BCUT2D eigenvalue weighted by molar-refractivity contribution is 0.0681. The second-order valence-electron chi connectivity index (χ2n) is 9.65. The molecule has 0 spiro atoms. The van der Waals surface area contributed by atoms with Crippen molar-refractivity contribution in [2.75, 3.05) is 44.4 Å². The lowest BCUT2D eigenvalue weighted by Gasteiger charge is -2.33. The van der Waals surface area contributed by atoms with Crippen LogP contribution in [-0.4, -0.2) is 39.5 Å². The number of methoxy groups -OCH3 is 1. The van der Waals surface area contributed by atoms with Gasteiger partial charge in [-0.15, -0.1) is 0 Å². The topological polar surface area (TPSA) is 36.5 Å². The van der Waals surface area contributed by atoms with Crippen LogP contribution in [0.4, 0.5) is 5.69 Å². The number of fused-ring (bicyclic) bond motifs is 1. The number of anilines is 1. The van der Waals surface area contributed by atoms with Crippen LogP contribution in [0.25, 0.3) is 11.1 Å². The second-order valence-corrected chi connectivity index (χ2v) is 9.65. The fourth-order valence-corrected chi connectivity index (χ4v) is 5.48. The zero-order valence-corrected chi connectivity index (χ0v) is 22.6. The molecule has 4 nitrogen and oxygen atoms in total. The van der Waals surface area contributed by atoms with Crippen molar-refractivity contribution in [1.29, 1.82) is 0 Å². The van der Waals surface area contributed by atoms with E-state index in [4.69, 9.17) is 4.74 Å². The molecule has 0 amide bonds. The Kier molecular flexibility index (Phi) is 10.3. The Morgan fingerprint density at radius 2 is 1.75 bits per heavy atom. The van der Waals surface area contributed by atoms with Crippen LogP contribution in [0.3, 0.4) is 0 Å². The van der Waals surface area contributed by atoms with Crippen molar-refractivity contribution in [3.05, 3.63) is 89.5 Å². The molecule has 0 aromatic heterocycles. The predicted molar refractivity (Wildman–Crippen MR) is 156 cm³/mol. The first-order chi connectivity index (χ1) is 17.8. The molecular formula is C31H41N3OS. The molecule has 0 bridgehead atoms. The van der Waals surface area contributed by atoms with Crippen molar-refractivity contribution in [2.24, 2.45) is 5.92 Å². The number of hydrogen-bond donors (Lipinski definition) is 3. The quantitative estimate of drug-likeness (QED) is 0.257. The van der Waals surface area contributed by atoms with Gasteiger partial charge in [-0.2, -0.15) is 12.6 Å². The summed E-state index contributed by atoms with van der Waals surface area (Å²) in [4.78, 5) is 2.55. The smallest absolute Gasteiger partial charge is 0.133 e. The summed E-state index contributed by atoms with van der Waals surface area (Å²) >= 11 is 3.53. The molecule has 36 heavy (non-hydrogen) atoms. The molecule has 0 saturated carbocycles. The van der Waals surface area contributed by atoms with Gasteiger partial charge < -0.3 is 15.0 Å². The molecule has 5 rings (SSSR count). The highest BCUT2D eigenvalue weighted by Gasteiger charge is 2.21. The Morgan fingerprint density at radius 1 is 1.00 bits per heavy atom. The minimum absolute atomic E-state index is 0.0469. The van der Waals surface area contributed by atoms with Crippen LogP contribution < -0.4 is 15.5 Å². The first-order valence-electron chi connectivity index (χ1n) is 13.2. The molecule has 0 aliphatic carbocycles. The van der Waals surface area contributed by atoms with Gasteiger partial charge in [0.05, 0.1) is 0 Å². The van der Waals surface area contributed by atoms with E-state index in [-0.39, 0.29) is 6.23 Å². The molecule has 5 heteroatoms. The number of ether oxygens (including phenoxy) is 1. The number of aryl methyl sites for hydroxylation is 1. The third-order valence-corrected chi connectivity index (χ3v) is 7.37. The summed E-state index contributed by atoms with van der Waals surface area (Å²) in [5.41, 5.74) is 8.03. The standard InChI is InChI=1S/C30H37N3O.CH4S/c1-34-30(32-21-23-15-17-31-18-16-23)26-13-14-29-25(20-26)11-7-19-33(29)22-27-10-5-6-12-28(27)24-8-3-2-4-9-24;1-2/h2-6,8-10,12-14,20,23,30-32H,7,11,15-19,21-22H2,1H3;2H,1H3. The lowest BCUT2D eigenvalue weighted by Crippen LogP contribution is -2.35. The van der Waals surface area contributed by atoms with Crippen LogP contribution in [-0.2, 0) is 17.7 Å². The highest BCUT2D eigenvalue weighted by Crippen LogP contribution is 2.33. The largest absolute Gasteiger partial charge is 0.367 e. The molecule has 2 aliphatic rings. The maximum absolute atomic E-state index is 5.87. The Labute approximate surface area is 222 Å². The number of nitrogens with zero attached hydrogens (tertiary/aromatic N) is 1. The molecular weight excluding hydrogens is 462 g/mol. The molecule has 1 saturated heterocycles. The number of benzene rings is 3. The second kappa shape index (κ2) is 13.8. The van der Waals surface area contributed by atoms with Crippen molar-refractivity contribution >= 4 is 18.3 Å². The van der Waals surface area contributed by atoms with Gasteiger partial charge in [0.1, 0.15) is 6.23 Å². The summed E-state index contributed by atoms with van der Waals surface area (Å²) in [6, 6.07) is 26.5. The lowest BCUT2D eigenvalue weighted by atomic mass is 9.95. The molecule has 3 aromatic rings. The van der Waals surface area contributed by atoms with Gasteiger partial charge >= 0.3 is 0 Å². The average molecular weight is 504 g/mol. The third-order valence-electron chi connectivity index (χ3n) is 7.37. The number of piperidine rings is 1. The predicted octanol–water partition coefficient (Wildman–Crippen LogP) is 6.09. The highest BCUT2D eigenvalue weighted by molar-refractivity contribution is 7.79. The van der Waals surface area contributed by atoms with Gasteiger partial charge in [-0.25, -0.2) is 0 Å². The maximum Gasteiger partial charge on any atom is 0.133 e. The summed E-state index contributed by atoms with van der Waals surface area (Å²) < 4.78 is 5.87. The minimum Gasteiger partial charge on any atom is -0.367 e. The molecule has 2 aliphatic heterocycles. The van der Waals surface area contributed by atoms with E-state index in [0.29, 0.717) is 0 Å². The van der Waals surface area contributed by atoms with Gasteiger partial charge in [0.25, 0.3) is 0 Å². The number of hydrogen-bond acceptors (Lipinski definition) is 5. The van der Waals surface area contributed by atoms with Crippen molar-refractivity contribution in [3.8, 4) is 11.1 Å². The van der Waals surface area contributed by atoms with Crippen molar-refractivity contribution in [3.63, 3.8) is 0 Å². The normalized spacial score (nSPS) is 16.6. The third kappa shape index (κ3) is 6.71. The summed E-state index contributed by atoms with van der Waals surface area (Å²) in [6.07, 6.45) is 6.45. The first kappa shape index (κ1) is 26.7. The van der Waals surface area contributed by atoms with Gasteiger partial charge in [-0.1, -0.05) is 60.7 Å². The van der Waals surface area contributed by atoms with E-state index in [1.165, 1.54) is 52.8 Å². The van der Waals surface area contributed by atoms with Gasteiger partial charge in [0, 0.05) is 32.4 Å². The van der Waals surface area contributed by atoms with E-state index in [2.05, 4.69) is 101 Å². The van der Waals surface area contributed by atoms with Gasteiger partial charge in [0.15, 0.2) is 0 Å². The Bertz CT molecular complexity index is 1070. The minimum atomic E-state index is -0.0469. The number of nitrogens with one attached hydrogen (secondary N) is 2. The summed E-state index contributed by atoms with van der Waals surface area (Å²) in [5.74, 6) is 0.733. The zero-order chi connectivity index (χ0) is 25.2. The van der Waals surface area contributed by atoms with E-state index in [9.17, 15) is 0 Å². The van der Waals surface area contributed by atoms with Crippen molar-refractivity contribution in [2.45, 2.75) is 38.5 Å². The Hall–Kier alpha value is -2.31. The van der Waals surface area contributed by atoms with E-state index in [1.807, 2.05) is 7.11 Å². The first-order valence-corrected chi connectivity index (χ1v) is 14.1. The molecule has 1 fully saturated rings. The van der Waals surface area contributed by atoms with Gasteiger partial charge in [-0.05, 0) is 90.9 Å². The number of thiol groups is 1. The van der Waals surface area contributed by atoms with E-state index >= 15 is 0 Å². The van der Waals surface area contributed by atoms with Crippen LogP contribution in [0.5, 0.6) is 0 Å². The molecule has 1 unspecified atom stereocenters. The van der Waals surface area contributed by atoms with Gasteiger partial charge in [0.2, 0.25) is 0 Å². The van der Waals surface area contributed by atoms with Crippen LogP contribution in [0.2, 0.25) is 0 Å².